The maximum Gasteiger partial charge on any atom is 0.306 e. The lowest BCUT2D eigenvalue weighted by Gasteiger charge is -2.26. The average Bonchev–Trinajstić information content (AvgIpc) is 3.54. The van der Waals surface area contributed by atoms with Gasteiger partial charge >= 0.3 is 11.9 Å². The molecule has 95 heavy (non-hydrogen) atoms. The van der Waals surface area contributed by atoms with E-state index >= 15 is 0 Å². The van der Waals surface area contributed by atoms with Crippen LogP contribution in [0.25, 0.3) is 0 Å². The molecule has 9 heteroatoms. The van der Waals surface area contributed by atoms with Gasteiger partial charge in [-0.3, -0.25) is 9.59 Å². The molecule has 0 aliphatic heterocycles. The van der Waals surface area contributed by atoms with Gasteiger partial charge in [0, 0.05) is 12.8 Å². The van der Waals surface area contributed by atoms with Crippen molar-refractivity contribution in [3.8, 4) is 0 Å². The first-order valence-electron chi connectivity index (χ1n) is 39.0. The summed E-state index contributed by atoms with van der Waals surface area (Å²) in [6.07, 6.45) is 107. The molecule has 0 aliphatic rings. The highest BCUT2D eigenvalue weighted by molar-refractivity contribution is 5.70. The molecule has 2 unspecified atom stereocenters. The summed E-state index contributed by atoms with van der Waals surface area (Å²) >= 11 is 0. The molecular formula is C86H145NO8. The molecule has 0 aromatic carbocycles. The minimum Gasteiger partial charge on any atom is -0.545 e. The van der Waals surface area contributed by atoms with E-state index in [0.29, 0.717) is 17.4 Å². The van der Waals surface area contributed by atoms with Crippen LogP contribution in [0.2, 0.25) is 0 Å². The lowest BCUT2D eigenvalue weighted by molar-refractivity contribution is -0.870. The SMILES string of the molecule is CC/C=C\C/C=C\C/C=C\C/C=C\C/C=C\C/C=C\C/C=C\C/C=C\C/C=C\C/C=C\C/C=C\CCCCCCCCCC(=O)OC(COC(=O)CCCCCCCCCCCCCCCCCCC/C=C\CCCCCCCCCC)COC(OCC[N+](C)(C)C)C(=O)[O-]. The molecule has 0 aromatic heterocycles. The number of unbranched alkanes of at least 4 members (excludes halogenated alkanes) is 32. The van der Waals surface area contributed by atoms with Gasteiger partial charge in [0.2, 0.25) is 0 Å². The van der Waals surface area contributed by atoms with Crippen molar-refractivity contribution in [3.63, 3.8) is 0 Å². The summed E-state index contributed by atoms with van der Waals surface area (Å²) in [5.74, 6) is -2.30. The average molecular weight is 1320 g/mol. The van der Waals surface area contributed by atoms with Crippen molar-refractivity contribution in [2.45, 2.75) is 334 Å². The van der Waals surface area contributed by atoms with Gasteiger partial charge in [0.05, 0.1) is 40.3 Å². The number of allylic oxidation sites excluding steroid dienone is 24. The summed E-state index contributed by atoms with van der Waals surface area (Å²) in [7, 11) is 5.93. The standard InChI is InChI=1S/C86H145NO8/c1-6-8-10-12-14-16-18-20-22-24-26-28-30-32-34-36-37-38-39-40-41-42-43-44-45-46-47-49-51-53-55-57-59-61-63-65-67-69-71-73-75-77-84(89)95-82(81-94-86(85(90)91)92-79-78-87(3,4)5)80-93-83(88)76-74-72-70-68-66-64-62-60-58-56-54-52-50-48-35-33-31-29-27-25-23-21-19-17-15-13-11-9-7-2/h8,10,14,16,20,22,25-28,32,34,37-38,40-41,43-44,46-47,51,53,57,59,82,86H,6-7,9,11-13,15,17-19,21,23-24,29-31,33,35-36,39,42,45,48-50,52,54-56,58,60-81H2,1-5H3/b10-8-,16-14-,22-20-,27-25-,28-26-,34-32-,38-37-,41-40-,44-43-,47-46-,53-51-,59-57-. The molecule has 0 spiro atoms. The highest BCUT2D eigenvalue weighted by Gasteiger charge is 2.22. The number of carboxylic acids is 1. The zero-order valence-corrected chi connectivity index (χ0v) is 62.0. The van der Waals surface area contributed by atoms with Crippen LogP contribution in [-0.4, -0.2) is 82.3 Å². The Kier molecular flexibility index (Phi) is 71.1. The molecule has 0 fully saturated rings. The number of carbonyl (C=O) groups excluding carboxylic acids is 3. The van der Waals surface area contributed by atoms with E-state index in [2.05, 4.69) is 160 Å². The minimum atomic E-state index is -1.63. The van der Waals surface area contributed by atoms with Crippen LogP contribution in [0.4, 0.5) is 0 Å². The van der Waals surface area contributed by atoms with Crippen molar-refractivity contribution < 1.29 is 42.9 Å². The summed E-state index contributed by atoms with van der Waals surface area (Å²) in [5.41, 5.74) is 0. The van der Waals surface area contributed by atoms with Crippen molar-refractivity contribution in [2.24, 2.45) is 0 Å². The predicted octanol–water partition coefficient (Wildman–Crippen LogP) is 23.7. The van der Waals surface area contributed by atoms with Crippen LogP contribution in [0.1, 0.15) is 322 Å². The third kappa shape index (κ3) is 76.4. The minimum absolute atomic E-state index is 0.140. The Morgan fingerprint density at radius 3 is 0.905 bits per heavy atom. The van der Waals surface area contributed by atoms with Crippen molar-refractivity contribution >= 4 is 17.9 Å². The summed E-state index contributed by atoms with van der Waals surface area (Å²) in [6, 6.07) is 0. The van der Waals surface area contributed by atoms with Crippen LogP contribution in [0, 0.1) is 0 Å². The van der Waals surface area contributed by atoms with Crippen LogP contribution >= 0.6 is 0 Å². The Morgan fingerprint density at radius 1 is 0.326 bits per heavy atom. The Morgan fingerprint density at radius 2 is 0.600 bits per heavy atom. The quantitative estimate of drug-likeness (QED) is 0.0195. The van der Waals surface area contributed by atoms with Crippen LogP contribution in [0.15, 0.2) is 146 Å². The molecule has 0 saturated carbocycles. The van der Waals surface area contributed by atoms with E-state index in [9.17, 15) is 19.5 Å². The van der Waals surface area contributed by atoms with Crippen molar-refractivity contribution in [2.75, 3.05) is 47.5 Å². The molecule has 0 heterocycles. The highest BCUT2D eigenvalue weighted by Crippen LogP contribution is 2.17. The zero-order valence-electron chi connectivity index (χ0n) is 62.0. The fourth-order valence-electron chi connectivity index (χ4n) is 10.7. The molecule has 2 atom stereocenters. The molecule has 0 aromatic rings. The topological polar surface area (TPSA) is 111 Å². The van der Waals surface area contributed by atoms with Crippen LogP contribution in [-0.2, 0) is 33.3 Å². The second-order valence-electron chi connectivity index (χ2n) is 26.9. The third-order valence-corrected chi connectivity index (χ3v) is 16.6. The van der Waals surface area contributed by atoms with Gasteiger partial charge in [0.25, 0.3) is 0 Å². The van der Waals surface area contributed by atoms with E-state index in [1.165, 1.54) is 173 Å². The fourth-order valence-corrected chi connectivity index (χ4v) is 10.7. The summed E-state index contributed by atoms with van der Waals surface area (Å²) in [4.78, 5) is 37.6. The second kappa shape index (κ2) is 75.0. The van der Waals surface area contributed by atoms with Crippen LogP contribution < -0.4 is 5.11 Å². The van der Waals surface area contributed by atoms with E-state index in [0.717, 1.165) is 116 Å². The first-order chi connectivity index (χ1) is 46.6. The molecule has 0 rings (SSSR count). The van der Waals surface area contributed by atoms with Gasteiger partial charge < -0.3 is 33.3 Å². The van der Waals surface area contributed by atoms with E-state index in [1.54, 1.807) is 0 Å². The predicted molar refractivity (Wildman–Crippen MR) is 407 cm³/mol. The highest BCUT2D eigenvalue weighted by atomic mass is 16.7. The summed E-state index contributed by atoms with van der Waals surface area (Å²) < 4.78 is 22.8. The number of hydrogen-bond donors (Lipinski definition) is 0. The van der Waals surface area contributed by atoms with Gasteiger partial charge in [0.15, 0.2) is 12.4 Å². The largest absolute Gasteiger partial charge is 0.545 e. The molecular weight excluding hydrogens is 1170 g/mol. The van der Waals surface area contributed by atoms with Crippen LogP contribution in [0.5, 0.6) is 0 Å². The summed E-state index contributed by atoms with van der Waals surface area (Å²) in [5, 5.41) is 11.9. The van der Waals surface area contributed by atoms with Crippen molar-refractivity contribution in [1.29, 1.82) is 0 Å². The number of rotatable bonds is 71. The Hall–Kier alpha value is -4.83. The van der Waals surface area contributed by atoms with Crippen LogP contribution in [0.3, 0.4) is 0 Å². The first kappa shape index (κ1) is 90.2. The van der Waals surface area contributed by atoms with Gasteiger partial charge in [-0.15, -0.1) is 0 Å². The number of aliphatic carboxylic acids is 1. The van der Waals surface area contributed by atoms with Gasteiger partial charge in [-0.25, -0.2) is 0 Å². The first-order valence-corrected chi connectivity index (χ1v) is 39.0. The lowest BCUT2D eigenvalue weighted by atomic mass is 10.0. The molecule has 9 nitrogen and oxygen atoms in total. The number of esters is 2. The smallest absolute Gasteiger partial charge is 0.306 e. The van der Waals surface area contributed by atoms with Crippen molar-refractivity contribution in [1.82, 2.24) is 0 Å². The number of nitrogens with zero attached hydrogens (tertiary/aromatic N) is 1. The summed E-state index contributed by atoms with van der Waals surface area (Å²) in [6.45, 7) is 4.64. The Bertz CT molecular complexity index is 2080. The molecule has 0 radical (unpaired) electrons. The maximum atomic E-state index is 13.0. The third-order valence-electron chi connectivity index (χ3n) is 16.6. The number of carbonyl (C=O) groups is 3. The van der Waals surface area contributed by atoms with Gasteiger partial charge in [-0.1, -0.05) is 333 Å². The normalized spacial score (nSPS) is 13.5. The number of carboxylic acid groups (broad SMARTS) is 1. The molecule has 0 aliphatic carbocycles. The maximum absolute atomic E-state index is 13.0. The number of likely N-dealkylation sites (N-methyl/N-ethyl adjacent to an activating group) is 1. The van der Waals surface area contributed by atoms with Gasteiger partial charge in [-0.05, 0) is 122 Å². The zero-order chi connectivity index (χ0) is 69.0. The molecule has 0 amide bonds. The van der Waals surface area contributed by atoms with Gasteiger partial charge in [-0.2, -0.15) is 0 Å². The second-order valence-corrected chi connectivity index (χ2v) is 26.9. The molecule has 0 bridgehead atoms. The molecule has 0 N–H and O–H groups in total. The van der Waals surface area contributed by atoms with Gasteiger partial charge in [0.1, 0.15) is 13.2 Å². The molecule has 0 saturated heterocycles. The van der Waals surface area contributed by atoms with E-state index in [4.69, 9.17) is 18.9 Å². The van der Waals surface area contributed by atoms with E-state index in [-0.39, 0.29) is 38.6 Å². The Labute approximate surface area is 585 Å². The van der Waals surface area contributed by atoms with E-state index < -0.39 is 24.3 Å². The molecule has 542 valence electrons. The Balaban J connectivity index is 4.14. The van der Waals surface area contributed by atoms with E-state index in [1.807, 2.05) is 21.1 Å². The number of quaternary nitrogens is 1. The lowest BCUT2D eigenvalue weighted by Crippen LogP contribution is -2.44. The van der Waals surface area contributed by atoms with Crippen molar-refractivity contribution in [3.05, 3.63) is 146 Å². The number of hydrogen-bond acceptors (Lipinski definition) is 8. The number of ether oxygens (including phenoxy) is 4. The fraction of sp³-hybridized carbons (Fsp3) is 0.686. The monoisotopic (exact) mass is 1320 g/mol.